The van der Waals surface area contributed by atoms with Gasteiger partial charge in [-0.25, -0.2) is 4.39 Å². The Morgan fingerprint density at radius 2 is 1.47 bits per heavy atom. The van der Waals surface area contributed by atoms with Gasteiger partial charge in [-0.05, 0) is 54.3 Å². The van der Waals surface area contributed by atoms with E-state index in [0.717, 1.165) is 17.7 Å². The Bertz CT molecular complexity index is 595. The first-order valence-corrected chi connectivity index (χ1v) is 5.73. The van der Waals surface area contributed by atoms with Crippen LogP contribution in [0.2, 0.25) is 0 Å². The number of alkyl halides is 3. The maximum atomic E-state index is 13.6. The van der Waals surface area contributed by atoms with Crippen molar-refractivity contribution >= 4 is 0 Å². The third-order valence-corrected chi connectivity index (χ3v) is 3.01. The van der Waals surface area contributed by atoms with Crippen molar-refractivity contribution in [1.29, 1.82) is 0 Å². The molecule has 0 unspecified atom stereocenters. The Morgan fingerprint density at radius 1 is 0.895 bits per heavy atom. The largest absolute Gasteiger partial charge is 0.416 e. The maximum Gasteiger partial charge on any atom is 0.416 e. The number of rotatable bonds is 1. The molecule has 0 radical (unpaired) electrons. The lowest BCUT2D eigenvalue weighted by atomic mass is 9.97. The molecule has 4 heteroatoms. The normalized spacial score (nSPS) is 11.7. The summed E-state index contributed by atoms with van der Waals surface area (Å²) in [4.78, 5) is 0. The molecule has 0 aliphatic heterocycles. The van der Waals surface area contributed by atoms with Gasteiger partial charge < -0.3 is 0 Å². The molecule has 0 aromatic heterocycles. The fourth-order valence-corrected chi connectivity index (χ4v) is 1.95. The summed E-state index contributed by atoms with van der Waals surface area (Å²) in [5.41, 5.74) is 1.66. The molecule has 2 aromatic carbocycles. The Morgan fingerprint density at radius 3 is 2.00 bits per heavy atom. The zero-order valence-corrected chi connectivity index (χ0v) is 10.5. The average Bonchev–Trinajstić information content (AvgIpc) is 2.33. The zero-order chi connectivity index (χ0) is 14.2. The topological polar surface area (TPSA) is 0 Å². The lowest BCUT2D eigenvalue weighted by Gasteiger charge is -2.11. The van der Waals surface area contributed by atoms with Gasteiger partial charge >= 0.3 is 6.18 Å². The predicted molar refractivity (Wildman–Crippen MR) is 66.3 cm³/mol. The monoisotopic (exact) mass is 268 g/mol. The quantitative estimate of drug-likeness (QED) is 0.629. The molecule has 19 heavy (non-hydrogen) atoms. The number of aryl methyl sites for hydroxylation is 1. The average molecular weight is 268 g/mol. The Balaban J connectivity index is 2.49. The van der Waals surface area contributed by atoms with E-state index < -0.39 is 11.7 Å². The molecule has 0 saturated carbocycles. The van der Waals surface area contributed by atoms with Gasteiger partial charge in [0, 0.05) is 0 Å². The summed E-state index contributed by atoms with van der Waals surface area (Å²) in [5, 5.41) is 0. The first-order chi connectivity index (χ1) is 8.79. The minimum absolute atomic E-state index is 0.352. The van der Waals surface area contributed by atoms with Gasteiger partial charge in [0.1, 0.15) is 5.82 Å². The molecule has 0 heterocycles. The molecule has 0 saturated heterocycles. The van der Waals surface area contributed by atoms with Crippen LogP contribution in [0.1, 0.15) is 16.7 Å². The van der Waals surface area contributed by atoms with E-state index in [9.17, 15) is 17.6 Å². The van der Waals surface area contributed by atoms with Crippen molar-refractivity contribution in [2.24, 2.45) is 0 Å². The molecule has 0 atom stereocenters. The molecule has 0 spiro atoms. The molecule has 2 aromatic rings. The van der Waals surface area contributed by atoms with E-state index >= 15 is 0 Å². The predicted octanol–water partition coefficient (Wildman–Crippen LogP) is 5.13. The van der Waals surface area contributed by atoms with Gasteiger partial charge in [0.15, 0.2) is 0 Å². The van der Waals surface area contributed by atoms with Gasteiger partial charge in [0.2, 0.25) is 0 Å². The lowest BCUT2D eigenvalue weighted by Crippen LogP contribution is -2.04. The van der Waals surface area contributed by atoms with Gasteiger partial charge in [-0.2, -0.15) is 13.2 Å². The molecular weight excluding hydrogens is 256 g/mol. The SMILES string of the molecule is Cc1cc(F)c(C)c(-c2ccc(C(F)(F)F)cc2)c1. The van der Waals surface area contributed by atoms with Crippen LogP contribution < -0.4 is 0 Å². The third kappa shape index (κ3) is 2.78. The first-order valence-electron chi connectivity index (χ1n) is 5.73. The fraction of sp³-hybridized carbons (Fsp3) is 0.200. The van der Waals surface area contributed by atoms with Crippen LogP contribution in [0, 0.1) is 19.7 Å². The van der Waals surface area contributed by atoms with Crippen molar-refractivity contribution in [3.63, 3.8) is 0 Å². The lowest BCUT2D eigenvalue weighted by molar-refractivity contribution is -0.137. The number of hydrogen-bond donors (Lipinski definition) is 0. The number of hydrogen-bond acceptors (Lipinski definition) is 0. The molecule has 0 aliphatic carbocycles. The van der Waals surface area contributed by atoms with Crippen molar-refractivity contribution in [2.45, 2.75) is 20.0 Å². The summed E-state index contributed by atoms with van der Waals surface area (Å²) in [5.74, 6) is -0.352. The van der Waals surface area contributed by atoms with Crippen molar-refractivity contribution in [3.05, 3.63) is 58.9 Å². The molecule has 0 nitrogen and oxygen atoms in total. The summed E-state index contributed by atoms with van der Waals surface area (Å²) in [7, 11) is 0. The van der Waals surface area contributed by atoms with Crippen LogP contribution in [0.5, 0.6) is 0 Å². The highest BCUT2D eigenvalue weighted by Crippen LogP contribution is 2.32. The van der Waals surface area contributed by atoms with Crippen LogP contribution in [-0.2, 0) is 6.18 Å². The molecule has 0 N–H and O–H groups in total. The Kier molecular flexibility index (Phi) is 3.35. The van der Waals surface area contributed by atoms with Gasteiger partial charge in [-0.1, -0.05) is 18.2 Å². The van der Waals surface area contributed by atoms with Crippen molar-refractivity contribution in [1.82, 2.24) is 0 Å². The van der Waals surface area contributed by atoms with Crippen LogP contribution in [0.25, 0.3) is 11.1 Å². The smallest absolute Gasteiger partial charge is 0.207 e. The number of halogens is 4. The van der Waals surface area contributed by atoms with Gasteiger partial charge in [0.05, 0.1) is 5.56 Å². The van der Waals surface area contributed by atoms with Gasteiger partial charge in [0.25, 0.3) is 0 Å². The zero-order valence-electron chi connectivity index (χ0n) is 10.5. The standard InChI is InChI=1S/C15H12F4/c1-9-7-13(10(2)14(16)8-9)11-3-5-12(6-4-11)15(17,18)19/h3-8H,1-2H3. The van der Waals surface area contributed by atoms with E-state index in [1.165, 1.54) is 18.2 Å². The second-order valence-corrected chi connectivity index (χ2v) is 4.49. The van der Waals surface area contributed by atoms with E-state index in [1.807, 2.05) is 0 Å². The van der Waals surface area contributed by atoms with Crippen molar-refractivity contribution in [2.75, 3.05) is 0 Å². The second-order valence-electron chi connectivity index (χ2n) is 4.49. The summed E-state index contributed by atoms with van der Waals surface area (Å²) in [6.07, 6.45) is -4.36. The van der Waals surface area contributed by atoms with E-state index in [1.54, 1.807) is 19.9 Å². The molecule has 0 aliphatic rings. The van der Waals surface area contributed by atoms with E-state index in [2.05, 4.69) is 0 Å². The van der Waals surface area contributed by atoms with Crippen LogP contribution in [-0.4, -0.2) is 0 Å². The maximum absolute atomic E-state index is 13.6. The highest BCUT2D eigenvalue weighted by molar-refractivity contribution is 5.68. The number of benzene rings is 2. The summed E-state index contributed by atoms with van der Waals surface area (Å²) >= 11 is 0. The van der Waals surface area contributed by atoms with Crippen LogP contribution in [0.15, 0.2) is 36.4 Å². The Labute approximate surface area is 108 Å². The minimum atomic E-state index is -4.36. The molecule has 0 amide bonds. The summed E-state index contributed by atoms with van der Waals surface area (Å²) < 4.78 is 51.0. The van der Waals surface area contributed by atoms with Crippen LogP contribution in [0.3, 0.4) is 0 Å². The van der Waals surface area contributed by atoms with Crippen molar-refractivity contribution < 1.29 is 17.6 Å². The first kappa shape index (κ1) is 13.6. The highest BCUT2D eigenvalue weighted by Gasteiger charge is 2.30. The van der Waals surface area contributed by atoms with Gasteiger partial charge in [-0.15, -0.1) is 0 Å². The molecule has 0 fully saturated rings. The van der Waals surface area contributed by atoms with Crippen molar-refractivity contribution in [3.8, 4) is 11.1 Å². The molecular formula is C15H12F4. The van der Waals surface area contributed by atoms with E-state index in [0.29, 0.717) is 16.7 Å². The molecule has 2 rings (SSSR count). The van der Waals surface area contributed by atoms with Crippen LogP contribution in [0.4, 0.5) is 17.6 Å². The Hall–Kier alpha value is -1.84. The van der Waals surface area contributed by atoms with E-state index in [4.69, 9.17) is 0 Å². The summed E-state index contributed by atoms with van der Waals surface area (Å²) in [6.45, 7) is 3.36. The third-order valence-electron chi connectivity index (χ3n) is 3.01. The molecule has 100 valence electrons. The molecule has 0 bridgehead atoms. The summed E-state index contributed by atoms with van der Waals surface area (Å²) in [6, 6.07) is 7.92. The second kappa shape index (κ2) is 4.68. The minimum Gasteiger partial charge on any atom is -0.207 e. The fourth-order valence-electron chi connectivity index (χ4n) is 1.95. The van der Waals surface area contributed by atoms with E-state index in [-0.39, 0.29) is 5.82 Å². The van der Waals surface area contributed by atoms with Crippen LogP contribution >= 0.6 is 0 Å². The van der Waals surface area contributed by atoms with Gasteiger partial charge in [-0.3, -0.25) is 0 Å². The highest BCUT2D eigenvalue weighted by atomic mass is 19.4.